The van der Waals surface area contributed by atoms with Crippen molar-refractivity contribution in [3.05, 3.63) is 0 Å². The fourth-order valence-electron chi connectivity index (χ4n) is 2.81. The highest BCUT2D eigenvalue weighted by Crippen LogP contribution is 2.10. The number of rotatable bonds is 18. The van der Waals surface area contributed by atoms with Gasteiger partial charge in [-0.25, -0.2) is 0 Å². The molecule has 156 valence electrons. The maximum Gasteiger partial charge on any atom is 0.185 e. The molecule has 0 spiro atoms. The maximum atomic E-state index is 8.02. The Kier molecular flexibility index (Phi) is 15.9. The lowest BCUT2D eigenvalue weighted by Gasteiger charge is -2.06. The second-order valence-corrected chi connectivity index (χ2v) is 7.03. The van der Waals surface area contributed by atoms with Crippen LogP contribution in [0.1, 0.15) is 83.5 Å². The summed E-state index contributed by atoms with van der Waals surface area (Å²) in [7, 11) is 0. The van der Waals surface area contributed by atoms with Gasteiger partial charge >= 0.3 is 0 Å². The van der Waals surface area contributed by atoms with Crippen molar-refractivity contribution in [3.63, 3.8) is 0 Å². The number of guanidine groups is 2. The van der Waals surface area contributed by atoms with Crippen LogP contribution in [0.15, 0.2) is 9.98 Å². The van der Waals surface area contributed by atoms with Crippen molar-refractivity contribution in [1.82, 2.24) is 0 Å². The van der Waals surface area contributed by atoms with E-state index in [-0.39, 0.29) is 11.9 Å². The molecule has 0 saturated heterocycles. The van der Waals surface area contributed by atoms with Crippen LogP contribution in [0.2, 0.25) is 0 Å². The van der Waals surface area contributed by atoms with E-state index in [9.17, 15) is 0 Å². The summed E-state index contributed by atoms with van der Waals surface area (Å²) in [6, 6.07) is 0. The summed E-state index contributed by atoms with van der Waals surface area (Å²) in [4.78, 5) is 7.92. The summed E-state index contributed by atoms with van der Waals surface area (Å²) in [5.41, 5.74) is 22.5. The Morgan fingerprint density at radius 1 is 0.519 bits per heavy atom. The minimum absolute atomic E-state index is 0.161. The number of nitrogens with one attached hydrogen (secondary N) is 2. The largest absolute Gasteiger partial charge is 0.370 e. The molecule has 27 heavy (non-hydrogen) atoms. The molecule has 0 aliphatic heterocycles. The quantitative estimate of drug-likeness (QED) is 0.122. The van der Waals surface area contributed by atoms with Crippen LogP contribution in [-0.4, -0.2) is 36.4 Å². The van der Waals surface area contributed by atoms with E-state index in [1.807, 2.05) is 0 Å². The van der Waals surface area contributed by atoms with Gasteiger partial charge in [0, 0.05) is 30.9 Å². The van der Waals surface area contributed by atoms with E-state index in [1.165, 1.54) is 0 Å². The molecule has 0 rings (SSSR count). The highest BCUT2D eigenvalue weighted by atomic mass is 15.0. The summed E-state index contributed by atoms with van der Waals surface area (Å²) >= 11 is 0. The monoisotopic (exact) mass is 380 g/mol. The van der Waals surface area contributed by atoms with Gasteiger partial charge in [0.05, 0.1) is 0 Å². The van der Waals surface area contributed by atoms with Gasteiger partial charge < -0.3 is 33.8 Å². The van der Waals surface area contributed by atoms with Crippen LogP contribution in [0.5, 0.6) is 0 Å². The van der Waals surface area contributed by atoms with Gasteiger partial charge in [0.1, 0.15) is 0 Å². The minimum atomic E-state index is 0.161. The average Bonchev–Trinajstić information content (AvgIpc) is 2.59. The molecule has 0 saturated carbocycles. The molecule has 0 atom stereocenters. The van der Waals surface area contributed by atoms with E-state index in [4.69, 9.17) is 33.8 Å². The predicted octanol–water partition coefficient (Wildman–Crippen LogP) is 2.64. The van der Waals surface area contributed by atoms with E-state index in [2.05, 4.69) is 9.98 Å². The molecule has 0 radical (unpaired) electrons. The normalized spacial score (nSPS) is 10.4. The van der Waals surface area contributed by atoms with Crippen molar-refractivity contribution in [2.45, 2.75) is 83.5 Å². The Labute approximate surface area is 164 Å². The molecule has 0 aromatic rings. The molecule has 0 heterocycles. The molecule has 8 heteroatoms. The predicted molar refractivity (Wildman–Crippen MR) is 117 cm³/mol. The molecule has 0 fully saturated rings. The van der Waals surface area contributed by atoms with E-state index in [1.54, 1.807) is 0 Å². The van der Waals surface area contributed by atoms with Crippen LogP contribution in [-0.2, 0) is 0 Å². The zero-order valence-electron chi connectivity index (χ0n) is 16.8. The highest BCUT2D eigenvalue weighted by molar-refractivity contribution is 6.01. The van der Waals surface area contributed by atoms with Crippen LogP contribution in [0, 0.1) is 10.8 Å². The fourth-order valence-corrected chi connectivity index (χ4v) is 2.81. The van der Waals surface area contributed by atoms with Crippen LogP contribution in [0.3, 0.4) is 0 Å². The first-order chi connectivity index (χ1) is 12.9. The lowest BCUT2D eigenvalue weighted by molar-refractivity contribution is 0.624. The van der Waals surface area contributed by atoms with Gasteiger partial charge in [0.2, 0.25) is 0 Å². The average molecular weight is 381 g/mol. The Hall–Kier alpha value is -2.12. The second kappa shape index (κ2) is 17.3. The standard InChI is InChI=1S/C19H40N8/c20-16(11-7-3-1-5-9-13-26-18(22)23)15-17(21)12-8-4-2-6-10-14-27-19(24)25/h20-21H,1-15H2,(H4,22,23,26)(H4,24,25,27). The first-order valence-electron chi connectivity index (χ1n) is 10.1. The third-order valence-electron chi connectivity index (χ3n) is 4.29. The molecule has 0 amide bonds. The third-order valence-corrected chi connectivity index (χ3v) is 4.29. The van der Waals surface area contributed by atoms with Gasteiger partial charge in [-0.2, -0.15) is 0 Å². The Balaban J connectivity index is 3.45. The zero-order chi connectivity index (χ0) is 20.3. The second-order valence-electron chi connectivity index (χ2n) is 7.03. The van der Waals surface area contributed by atoms with Gasteiger partial charge in [-0.1, -0.05) is 38.5 Å². The molecule has 10 N–H and O–H groups in total. The molecular weight excluding hydrogens is 340 g/mol. The molecule has 0 unspecified atom stereocenters. The number of unbranched alkanes of at least 4 members (excludes halogenated alkanes) is 8. The summed E-state index contributed by atoms with van der Waals surface area (Å²) in [5.74, 6) is 0.322. The summed E-state index contributed by atoms with van der Waals surface area (Å²) in [5, 5.41) is 16.0. The van der Waals surface area contributed by atoms with Crippen molar-refractivity contribution in [2.75, 3.05) is 13.1 Å². The summed E-state index contributed by atoms with van der Waals surface area (Å²) < 4.78 is 0. The molecule has 0 aliphatic rings. The fraction of sp³-hybridized carbons (Fsp3) is 0.789. The van der Waals surface area contributed by atoms with E-state index >= 15 is 0 Å². The summed E-state index contributed by atoms with van der Waals surface area (Å²) in [6.45, 7) is 1.40. The van der Waals surface area contributed by atoms with Crippen LogP contribution in [0.25, 0.3) is 0 Å². The Morgan fingerprint density at radius 3 is 1.22 bits per heavy atom. The van der Waals surface area contributed by atoms with Gasteiger partial charge in [-0.15, -0.1) is 0 Å². The number of nitrogens with zero attached hydrogens (tertiary/aromatic N) is 2. The lowest BCUT2D eigenvalue weighted by Crippen LogP contribution is -2.22. The number of nitrogens with two attached hydrogens (primary N) is 4. The van der Waals surface area contributed by atoms with Gasteiger partial charge in [0.25, 0.3) is 0 Å². The molecule has 0 aromatic heterocycles. The Morgan fingerprint density at radius 2 is 0.852 bits per heavy atom. The van der Waals surface area contributed by atoms with Crippen molar-refractivity contribution >= 4 is 23.3 Å². The third kappa shape index (κ3) is 20.0. The lowest BCUT2D eigenvalue weighted by atomic mass is 10.0. The molecule has 0 aliphatic carbocycles. The zero-order valence-corrected chi connectivity index (χ0v) is 16.8. The van der Waals surface area contributed by atoms with Crippen LogP contribution in [0.4, 0.5) is 0 Å². The van der Waals surface area contributed by atoms with E-state index < -0.39 is 0 Å². The Bertz CT molecular complexity index is 420. The van der Waals surface area contributed by atoms with E-state index in [0.717, 1.165) is 77.0 Å². The minimum Gasteiger partial charge on any atom is -0.370 e. The number of hydrogen-bond acceptors (Lipinski definition) is 4. The van der Waals surface area contributed by atoms with Crippen LogP contribution >= 0.6 is 0 Å². The molecule has 0 bridgehead atoms. The highest BCUT2D eigenvalue weighted by Gasteiger charge is 2.03. The molecular formula is C19H40N8. The molecule has 8 nitrogen and oxygen atoms in total. The number of hydrogen-bond donors (Lipinski definition) is 6. The van der Waals surface area contributed by atoms with Crippen molar-refractivity contribution in [3.8, 4) is 0 Å². The van der Waals surface area contributed by atoms with Gasteiger partial charge in [0.15, 0.2) is 11.9 Å². The first-order valence-corrected chi connectivity index (χ1v) is 10.1. The first kappa shape index (κ1) is 24.9. The summed E-state index contributed by atoms with van der Waals surface area (Å²) in [6.07, 6.45) is 13.0. The maximum absolute atomic E-state index is 8.02. The smallest absolute Gasteiger partial charge is 0.185 e. The van der Waals surface area contributed by atoms with Crippen LogP contribution < -0.4 is 22.9 Å². The molecule has 0 aromatic carbocycles. The van der Waals surface area contributed by atoms with Crippen molar-refractivity contribution < 1.29 is 0 Å². The van der Waals surface area contributed by atoms with Crippen molar-refractivity contribution in [1.29, 1.82) is 10.8 Å². The SMILES string of the molecule is N=C(CCCCCCCN=C(N)N)CC(=N)CCCCCCCN=C(N)N. The topological polar surface area (TPSA) is 176 Å². The van der Waals surface area contributed by atoms with Gasteiger partial charge in [-0.05, 0) is 38.5 Å². The number of aliphatic imine (C=N–C) groups is 2. The van der Waals surface area contributed by atoms with Gasteiger partial charge in [-0.3, -0.25) is 9.98 Å². The van der Waals surface area contributed by atoms with Crippen molar-refractivity contribution in [2.24, 2.45) is 32.9 Å². The van der Waals surface area contributed by atoms with E-state index in [0.29, 0.717) is 30.9 Å².